The van der Waals surface area contributed by atoms with Crippen LogP contribution in [0, 0.1) is 10.8 Å². The number of halogens is 1. The topological polar surface area (TPSA) is 59.5 Å². The van der Waals surface area contributed by atoms with Crippen LogP contribution in [0.1, 0.15) is 50.4 Å². The van der Waals surface area contributed by atoms with Crippen molar-refractivity contribution in [1.82, 2.24) is 9.88 Å². The van der Waals surface area contributed by atoms with E-state index in [1.807, 2.05) is 4.90 Å². The second-order valence-electron chi connectivity index (χ2n) is 8.15. The second kappa shape index (κ2) is 6.03. The number of aromatic nitrogens is 1. The molecule has 5 nitrogen and oxygen atoms in total. The molecule has 0 unspecified atom stereocenters. The summed E-state index contributed by atoms with van der Waals surface area (Å²) in [5, 5.41) is 0.0845. The van der Waals surface area contributed by atoms with E-state index in [4.69, 9.17) is 16.3 Å². The van der Waals surface area contributed by atoms with E-state index in [1.165, 1.54) is 12.3 Å². The average Bonchev–Trinajstić information content (AvgIpc) is 2.74. The zero-order valence-electron chi connectivity index (χ0n) is 14.3. The molecule has 2 heterocycles. The molecule has 2 aliphatic rings. The van der Waals surface area contributed by atoms with E-state index in [9.17, 15) is 9.59 Å². The number of likely N-dealkylation sites (tertiary alicyclic amines) is 1. The first-order valence-corrected chi connectivity index (χ1v) is 8.64. The van der Waals surface area contributed by atoms with Gasteiger partial charge in [0.1, 0.15) is 5.15 Å². The summed E-state index contributed by atoms with van der Waals surface area (Å²) in [4.78, 5) is 30.4. The Labute approximate surface area is 147 Å². The Morgan fingerprint density at radius 3 is 2.83 bits per heavy atom. The molecule has 2 bridgehead atoms. The van der Waals surface area contributed by atoms with Crippen molar-refractivity contribution in [2.45, 2.75) is 46.1 Å². The predicted octanol–water partition coefficient (Wildman–Crippen LogP) is 3.32. The third kappa shape index (κ3) is 3.41. The van der Waals surface area contributed by atoms with Crippen molar-refractivity contribution < 1.29 is 14.3 Å². The van der Waals surface area contributed by atoms with E-state index in [0.29, 0.717) is 0 Å². The largest absolute Gasteiger partial charge is 0.452 e. The van der Waals surface area contributed by atoms with Crippen LogP contribution in [0.5, 0.6) is 0 Å². The van der Waals surface area contributed by atoms with Crippen LogP contribution in [-0.2, 0) is 9.53 Å². The number of ether oxygens (including phenoxy) is 1. The third-order valence-electron chi connectivity index (χ3n) is 5.04. The van der Waals surface area contributed by atoms with Crippen molar-refractivity contribution in [2.24, 2.45) is 10.8 Å². The van der Waals surface area contributed by atoms with Crippen molar-refractivity contribution in [1.29, 1.82) is 0 Å². The van der Waals surface area contributed by atoms with Gasteiger partial charge < -0.3 is 9.64 Å². The van der Waals surface area contributed by atoms with Crippen LogP contribution in [0.25, 0.3) is 0 Å². The van der Waals surface area contributed by atoms with Crippen LogP contribution in [0.2, 0.25) is 5.15 Å². The van der Waals surface area contributed by atoms with Gasteiger partial charge in [-0.25, -0.2) is 9.78 Å². The van der Waals surface area contributed by atoms with Gasteiger partial charge in [-0.15, -0.1) is 0 Å². The van der Waals surface area contributed by atoms with Crippen molar-refractivity contribution in [3.05, 3.63) is 29.0 Å². The van der Waals surface area contributed by atoms with Crippen molar-refractivity contribution in [3.8, 4) is 0 Å². The first-order valence-electron chi connectivity index (χ1n) is 8.26. The third-order valence-corrected chi connectivity index (χ3v) is 5.34. The summed E-state index contributed by atoms with van der Waals surface area (Å²) in [6.07, 6.45) is 4.64. The highest BCUT2D eigenvalue weighted by atomic mass is 35.5. The molecule has 130 valence electrons. The van der Waals surface area contributed by atoms with Gasteiger partial charge >= 0.3 is 5.97 Å². The van der Waals surface area contributed by atoms with Gasteiger partial charge in [-0.2, -0.15) is 0 Å². The molecule has 2 atom stereocenters. The summed E-state index contributed by atoms with van der Waals surface area (Å²) in [6.45, 7) is 7.25. The molecule has 0 N–H and O–H groups in total. The van der Waals surface area contributed by atoms with Crippen LogP contribution in [0.15, 0.2) is 18.3 Å². The fraction of sp³-hybridized carbons (Fsp3) is 0.611. The lowest BCUT2D eigenvalue weighted by Gasteiger charge is -2.39. The van der Waals surface area contributed by atoms with E-state index >= 15 is 0 Å². The number of esters is 1. The van der Waals surface area contributed by atoms with Crippen LogP contribution in [0.4, 0.5) is 0 Å². The quantitative estimate of drug-likeness (QED) is 0.619. The molecule has 2 fully saturated rings. The monoisotopic (exact) mass is 350 g/mol. The average molecular weight is 351 g/mol. The summed E-state index contributed by atoms with van der Waals surface area (Å²) in [6, 6.07) is 3.39. The number of nitrogens with zero attached hydrogens (tertiary/aromatic N) is 2. The molecular weight excluding hydrogens is 328 g/mol. The second-order valence-corrected chi connectivity index (χ2v) is 8.51. The molecule has 1 amide bonds. The minimum atomic E-state index is -0.616. The van der Waals surface area contributed by atoms with Gasteiger partial charge in [-0.3, -0.25) is 4.79 Å². The van der Waals surface area contributed by atoms with Crippen LogP contribution < -0.4 is 0 Å². The van der Waals surface area contributed by atoms with Crippen LogP contribution in [0.3, 0.4) is 0 Å². The van der Waals surface area contributed by atoms with Crippen LogP contribution >= 0.6 is 11.6 Å². The van der Waals surface area contributed by atoms with E-state index in [0.717, 1.165) is 25.8 Å². The van der Waals surface area contributed by atoms with E-state index in [1.54, 1.807) is 6.07 Å². The van der Waals surface area contributed by atoms with Gasteiger partial charge in [0.05, 0.1) is 5.56 Å². The zero-order chi connectivity index (χ0) is 17.5. The normalized spacial score (nSPS) is 27.8. The number of fused-ring (bicyclic) bond motifs is 2. The SMILES string of the molecule is CC1(C)C[C@H]2C[C@@](C)(CN2C(=O)COC(=O)c2cccnc2Cl)C1. The molecule has 3 rings (SSSR count). The minimum Gasteiger partial charge on any atom is -0.452 e. The smallest absolute Gasteiger partial charge is 0.341 e. The van der Waals surface area contributed by atoms with Crippen molar-refractivity contribution in [2.75, 3.05) is 13.2 Å². The summed E-state index contributed by atoms with van der Waals surface area (Å²) in [5.41, 5.74) is 0.589. The molecule has 0 radical (unpaired) electrons. The van der Waals surface area contributed by atoms with Gasteiger partial charge in [-0.05, 0) is 42.2 Å². The molecule has 1 aliphatic heterocycles. The number of amides is 1. The van der Waals surface area contributed by atoms with Crippen LogP contribution in [-0.4, -0.2) is 41.0 Å². The van der Waals surface area contributed by atoms with Gasteiger partial charge in [-0.1, -0.05) is 32.4 Å². The van der Waals surface area contributed by atoms with E-state index < -0.39 is 5.97 Å². The Morgan fingerprint density at radius 1 is 1.38 bits per heavy atom. The van der Waals surface area contributed by atoms with E-state index in [-0.39, 0.29) is 40.1 Å². The number of pyridine rings is 1. The predicted molar refractivity (Wildman–Crippen MR) is 90.8 cm³/mol. The summed E-state index contributed by atoms with van der Waals surface area (Å²) < 4.78 is 5.16. The highest BCUT2D eigenvalue weighted by molar-refractivity contribution is 6.32. The molecule has 1 saturated carbocycles. The molecule has 0 spiro atoms. The number of carbonyl (C=O) groups is 2. The summed E-state index contributed by atoms with van der Waals surface area (Å²) in [7, 11) is 0. The minimum absolute atomic E-state index is 0.0845. The zero-order valence-corrected chi connectivity index (χ0v) is 15.1. The Balaban J connectivity index is 1.62. The van der Waals surface area contributed by atoms with Gasteiger partial charge in [0.2, 0.25) is 0 Å². The van der Waals surface area contributed by atoms with E-state index in [2.05, 4.69) is 25.8 Å². The number of hydrogen-bond acceptors (Lipinski definition) is 4. The first-order chi connectivity index (χ1) is 11.2. The highest BCUT2D eigenvalue weighted by Gasteiger charge is 2.50. The fourth-order valence-corrected chi connectivity index (χ4v) is 4.77. The molecule has 1 aromatic heterocycles. The van der Waals surface area contributed by atoms with Crippen molar-refractivity contribution >= 4 is 23.5 Å². The molecular formula is C18H23ClN2O3. The Morgan fingerprint density at radius 2 is 2.12 bits per heavy atom. The molecule has 0 aromatic carbocycles. The van der Waals surface area contributed by atoms with Gasteiger partial charge in [0.25, 0.3) is 5.91 Å². The maximum Gasteiger partial charge on any atom is 0.341 e. The summed E-state index contributed by atoms with van der Waals surface area (Å²) >= 11 is 5.88. The Hall–Kier alpha value is -1.62. The fourth-order valence-electron chi connectivity index (χ4n) is 4.58. The molecule has 1 aliphatic carbocycles. The number of rotatable bonds is 3. The van der Waals surface area contributed by atoms with Crippen molar-refractivity contribution in [3.63, 3.8) is 0 Å². The summed E-state index contributed by atoms with van der Waals surface area (Å²) in [5.74, 6) is -0.745. The maximum atomic E-state index is 12.6. The Kier molecular flexibility index (Phi) is 4.32. The lowest BCUT2D eigenvalue weighted by molar-refractivity contribution is -0.135. The Bertz CT molecular complexity index is 676. The standard InChI is InChI=1S/C18H23ClN2O3/c1-17(2)7-12-8-18(3,10-17)11-21(12)14(22)9-24-16(23)13-5-4-6-20-15(13)19/h4-6,12H,7-11H2,1-3H3/t12-,18+/m0/s1. The molecule has 1 saturated heterocycles. The lowest BCUT2D eigenvalue weighted by atomic mass is 9.65. The molecule has 1 aromatic rings. The lowest BCUT2D eigenvalue weighted by Crippen LogP contribution is -2.39. The number of hydrogen-bond donors (Lipinski definition) is 0. The van der Waals surface area contributed by atoms with Gasteiger partial charge in [0, 0.05) is 18.8 Å². The highest BCUT2D eigenvalue weighted by Crippen LogP contribution is 2.52. The number of carbonyl (C=O) groups excluding carboxylic acids is 2. The maximum absolute atomic E-state index is 12.6. The first kappa shape index (κ1) is 17.2. The molecule has 24 heavy (non-hydrogen) atoms. The molecule has 6 heteroatoms. The van der Waals surface area contributed by atoms with Gasteiger partial charge in [0.15, 0.2) is 6.61 Å².